The topological polar surface area (TPSA) is 50.9 Å². The predicted molar refractivity (Wildman–Crippen MR) is 76.1 cm³/mol. The molecule has 1 aromatic carbocycles. The number of nitrogens with two attached hydrogens (primary N) is 1. The summed E-state index contributed by atoms with van der Waals surface area (Å²) in [6.45, 7) is 0. The highest BCUT2D eigenvalue weighted by molar-refractivity contribution is 9.10. The van der Waals surface area contributed by atoms with Crippen LogP contribution >= 0.6 is 27.5 Å². The zero-order chi connectivity index (χ0) is 14.9. The SMILES string of the molecule is Nc1cncc(Br)c1Nc1cc(Cl)cc(C(F)(F)F)c1. The lowest BCUT2D eigenvalue weighted by Gasteiger charge is -2.14. The molecule has 0 saturated carbocycles. The van der Waals surface area contributed by atoms with Crippen LogP contribution in [-0.4, -0.2) is 4.98 Å². The minimum Gasteiger partial charge on any atom is -0.396 e. The standard InChI is InChI=1S/C12H8BrClF3N3/c13-9-4-19-5-10(18)11(9)20-8-2-6(12(15,16)17)1-7(14)3-8/h1-5H,18H2,(H,19,20). The number of nitrogens with zero attached hydrogens (tertiary/aromatic N) is 1. The molecular weight excluding hydrogens is 359 g/mol. The Balaban J connectivity index is 2.42. The Morgan fingerprint density at radius 1 is 1.20 bits per heavy atom. The van der Waals surface area contributed by atoms with E-state index in [9.17, 15) is 13.2 Å². The van der Waals surface area contributed by atoms with Crippen molar-refractivity contribution in [2.75, 3.05) is 11.1 Å². The van der Waals surface area contributed by atoms with Gasteiger partial charge in [0, 0.05) is 16.9 Å². The van der Waals surface area contributed by atoms with E-state index in [-0.39, 0.29) is 10.7 Å². The molecule has 0 unspecified atom stereocenters. The number of rotatable bonds is 2. The number of nitrogen functional groups attached to an aromatic ring is 1. The van der Waals surface area contributed by atoms with E-state index in [1.165, 1.54) is 18.5 Å². The van der Waals surface area contributed by atoms with Gasteiger partial charge in [0.25, 0.3) is 0 Å². The normalized spacial score (nSPS) is 11.4. The van der Waals surface area contributed by atoms with Crippen LogP contribution in [0.25, 0.3) is 0 Å². The Hall–Kier alpha value is -1.47. The number of hydrogen-bond donors (Lipinski definition) is 2. The van der Waals surface area contributed by atoms with E-state index in [0.717, 1.165) is 12.1 Å². The first-order chi connectivity index (χ1) is 9.27. The van der Waals surface area contributed by atoms with Crippen molar-refractivity contribution in [3.8, 4) is 0 Å². The molecule has 3 nitrogen and oxygen atoms in total. The second-order valence-corrected chi connectivity index (χ2v) is 5.23. The molecule has 0 aliphatic heterocycles. The van der Waals surface area contributed by atoms with Crippen LogP contribution in [-0.2, 0) is 6.18 Å². The highest BCUT2D eigenvalue weighted by atomic mass is 79.9. The fourth-order valence-corrected chi connectivity index (χ4v) is 2.23. The van der Waals surface area contributed by atoms with Gasteiger partial charge < -0.3 is 11.1 Å². The number of benzene rings is 1. The molecule has 0 radical (unpaired) electrons. The van der Waals surface area contributed by atoms with Gasteiger partial charge in [0.05, 0.1) is 27.6 Å². The lowest BCUT2D eigenvalue weighted by Crippen LogP contribution is -2.06. The van der Waals surface area contributed by atoms with Crippen molar-refractivity contribution in [1.82, 2.24) is 4.98 Å². The number of pyridine rings is 1. The predicted octanol–water partition coefficient (Wildman–Crippen LogP) is 4.84. The molecular formula is C12H8BrClF3N3. The van der Waals surface area contributed by atoms with Gasteiger partial charge in [-0.25, -0.2) is 0 Å². The van der Waals surface area contributed by atoms with E-state index in [1.807, 2.05) is 0 Å². The van der Waals surface area contributed by atoms with E-state index in [1.54, 1.807) is 0 Å². The molecule has 1 heterocycles. The van der Waals surface area contributed by atoms with Crippen LogP contribution in [0.15, 0.2) is 35.1 Å². The van der Waals surface area contributed by atoms with E-state index < -0.39 is 11.7 Å². The zero-order valence-corrected chi connectivity index (χ0v) is 12.1. The summed E-state index contributed by atoms with van der Waals surface area (Å²) in [5.74, 6) is 0. The van der Waals surface area contributed by atoms with Gasteiger partial charge in [0.15, 0.2) is 0 Å². The van der Waals surface area contributed by atoms with Crippen LogP contribution in [0.1, 0.15) is 5.56 Å². The number of halogens is 5. The molecule has 106 valence electrons. The Labute approximate surface area is 126 Å². The maximum Gasteiger partial charge on any atom is 0.416 e. The van der Waals surface area contributed by atoms with Gasteiger partial charge in [-0.1, -0.05) is 11.6 Å². The molecule has 0 bridgehead atoms. The Morgan fingerprint density at radius 2 is 1.90 bits per heavy atom. The number of alkyl halides is 3. The molecule has 2 rings (SSSR count). The lowest BCUT2D eigenvalue weighted by molar-refractivity contribution is -0.137. The van der Waals surface area contributed by atoms with Crippen molar-refractivity contribution in [2.24, 2.45) is 0 Å². The van der Waals surface area contributed by atoms with Crippen molar-refractivity contribution in [3.63, 3.8) is 0 Å². The van der Waals surface area contributed by atoms with Crippen molar-refractivity contribution >= 4 is 44.6 Å². The average molecular weight is 367 g/mol. The van der Waals surface area contributed by atoms with Crippen molar-refractivity contribution in [2.45, 2.75) is 6.18 Å². The van der Waals surface area contributed by atoms with Gasteiger partial charge in [0.2, 0.25) is 0 Å². The lowest BCUT2D eigenvalue weighted by atomic mass is 10.2. The van der Waals surface area contributed by atoms with E-state index in [0.29, 0.717) is 15.8 Å². The maximum atomic E-state index is 12.7. The highest BCUT2D eigenvalue weighted by Gasteiger charge is 2.31. The van der Waals surface area contributed by atoms with Crippen molar-refractivity contribution < 1.29 is 13.2 Å². The molecule has 8 heteroatoms. The first kappa shape index (κ1) is 14.9. The second-order valence-electron chi connectivity index (χ2n) is 3.94. The minimum absolute atomic E-state index is 0.0222. The van der Waals surface area contributed by atoms with Gasteiger partial charge in [-0.2, -0.15) is 13.2 Å². The van der Waals surface area contributed by atoms with Crippen LogP contribution in [0, 0.1) is 0 Å². The van der Waals surface area contributed by atoms with Crippen LogP contribution in [0.4, 0.5) is 30.2 Å². The summed E-state index contributed by atoms with van der Waals surface area (Å²) >= 11 is 8.93. The smallest absolute Gasteiger partial charge is 0.396 e. The quantitative estimate of drug-likeness (QED) is 0.799. The largest absolute Gasteiger partial charge is 0.416 e. The molecule has 20 heavy (non-hydrogen) atoms. The summed E-state index contributed by atoms with van der Waals surface area (Å²) in [5.41, 5.74) is 5.79. The third kappa shape index (κ3) is 3.34. The minimum atomic E-state index is -4.47. The van der Waals surface area contributed by atoms with E-state index in [2.05, 4.69) is 26.2 Å². The third-order valence-electron chi connectivity index (χ3n) is 2.42. The molecule has 0 atom stereocenters. The summed E-state index contributed by atoms with van der Waals surface area (Å²) < 4.78 is 38.7. The Bertz CT molecular complexity index is 626. The fourth-order valence-electron chi connectivity index (χ4n) is 1.55. The Morgan fingerprint density at radius 3 is 2.50 bits per heavy atom. The monoisotopic (exact) mass is 365 g/mol. The summed E-state index contributed by atoms with van der Waals surface area (Å²) in [7, 11) is 0. The summed E-state index contributed by atoms with van der Waals surface area (Å²) in [5, 5.41) is 2.78. The first-order valence-corrected chi connectivity index (χ1v) is 6.48. The molecule has 1 aromatic heterocycles. The van der Waals surface area contributed by atoms with Gasteiger partial charge in [-0.3, -0.25) is 4.98 Å². The zero-order valence-electron chi connectivity index (χ0n) is 9.80. The molecule has 0 aliphatic carbocycles. The highest BCUT2D eigenvalue weighted by Crippen LogP contribution is 2.36. The summed E-state index contributed by atoms with van der Waals surface area (Å²) in [4.78, 5) is 3.84. The van der Waals surface area contributed by atoms with Gasteiger partial charge >= 0.3 is 6.18 Å². The van der Waals surface area contributed by atoms with Gasteiger partial charge in [0.1, 0.15) is 0 Å². The molecule has 0 saturated heterocycles. The summed E-state index contributed by atoms with van der Waals surface area (Å²) in [6.07, 6.45) is -1.60. The van der Waals surface area contributed by atoms with Crippen LogP contribution in [0.3, 0.4) is 0 Å². The second kappa shape index (κ2) is 5.49. The van der Waals surface area contributed by atoms with Gasteiger partial charge in [-0.15, -0.1) is 0 Å². The van der Waals surface area contributed by atoms with Crippen LogP contribution < -0.4 is 11.1 Å². The number of hydrogen-bond acceptors (Lipinski definition) is 3. The summed E-state index contributed by atoms with van der Waals surface area (Å²) in [6, 6.07) is 3.19. The third-order valence-corrected chi connectivity index (χ3v) is 3.24. The van der Waals surface area contributed by atoms with Crippen molar-refractivity contribution in [3.05, 3.63) is 45.7 Å². The average Bonchev–Trinajstić information content (AvgIpc) is 2.32. The molecule has 0 aliphatic rings. The Kier molecular flexibility index (Phi) is 4.10. The first-order valence-electron chi connectivity index (χ1n) is 5.31. The number of anilines is 3. The number of nitrogens with one attached hydrogen (secondary N) is 1. The molecule has 0 fully saturated rings. The van der Waals surface area contributed by atoms with E-state index in [4.69, 9.17) is 17.3 Å². The molecule has 2 aromatic rings. The molecule has 3 N–H and O–H groups in total. The van der Waals surface area contributed by atoms with E-state index >= 15 is 0 Å². The van der Waals surface area contributed by atoms with Crippen LogP contribution in [0.2, 0.25) is 5.02 Å². The fraction of sp³-hybridized carbons (Fsp3) is 0.0833. The maximum absolute atomic E-state index is 12.7. The van der Waals surface area contributed by atoms with Crippen molar-refractivity contribution in [1.29, 1.82) is 0 Å². The van der Waals surface area contributed by atoms with Gasteiger partial charge in [-0.05, 0) is 34.1 Å². The van der Waals surface area contributed by atoms with Crippen LogP contribution in [0.5, 0.6) is 0 Å². The molecule has 0 amide bonds. The number of aromatic nitrogens is 1. The molecule has 0 spiro atoms.